The maximum absolute atomic E-state index is 5.22. The third kappa shape index (κ3) is 4.29. The molecule has 1 rings (SSSR count). The molecule has 0 radical (unpaired) electrons. The SMILES string of the molecule is CCC(C)N(CCOC)Cc1c(Br)c(C)nn1CC. The molecule has 19 heavy (non-hydrogen) atoms. The quantitative estimate of drug-likeness (QED) is 0.732. The summed E-state index contributed by atoms with van der Waals surface area (Å²) < 4.78 is 8.44. The van der Waals surface area contributed by atoms with Gasteiger partial charge in [-0.1, -0.05) is 6.92 Å². The molecule has 1 aromatic rings. The molecule has 1 atom stereocenters. The summed E-state index contributed by atoms with van der Waals surface area (Å²) in [6.45, 7) is 12.2. The fraction of sp³-hybridized carbons (Fsp3) is 0.786. The number of aryl methyl sites for hydroxylation is 2. The largest absolute Gasteiger partial charge is 0.383 e. The first-order valence-electron chi connectivity index (χ1n) is 6.99. The van der Waals surface area contributed by atoms with Gasteiger partial charge in [0.2, 0.25) is 0 Å². The molecule has 0 aliphatic rings. The molecule has 0 fully saturated rings. The number of methoxy groups -OCH3 is 1. The van der Waals surface area contributed by atoms with E-state index in [1.54, 1.807) is 7.11 Å². The molecule has 0 aromatic carbocycles. The van der Waals surface area contributed by atoms with E-state index < -0.39 is 0 Å². The molecule has 0 bridgehead atoms. The Labute approximate surface area is 125 Å². The molecule has 0 aliphatic heterocycles. The Bertz CT molecular complexity index is 392. The molecule has 5 heteroatoms. The molecular formula is C14H26BrN3O. The molecule has 1 heterocycles. The standard InChI is InChI=1S/C14H26BrN3O/c1-6-11(3)17(8-9-19-5)10-13-14(15)12(4)16-18(13)7-2/h11H,6-10H2,1-5H3. The van der Waals surface area contributed by atoms with Crippen LogP contribution in [0.3, 0.4) is 0 Å². The topological polar surface area (TPSA) is 30.3 Å². The summed E-state index contributed by atoms with van der Waals surface area (Å²) in [4.78, 5) is 2.46. The Morgan fingerprint density at radius 2 is 2.11 bits per heavy atom. The van der Waals surface area contributed by atoms with E-state index in [1.807, 2.05) is 6.92 Å². The van der Waals surface area contributed by atoms with Crippen LogP contribution in [0.15, 0.2) is 4.47 Å². The van der Waals surface area contributed by atoms with Crippen molar-refractivity contribution in [1.82, 2.24) is 14.7 Å². The highest BCUT2D eigenvalue weighted by atomic mass is 79.9. The van der Waals surface area contributed by atoms with Crippen molar-refractivity contribution in [2.75, 3.05) is 20.3 Å². The summed E-state index contributed by atoms with van der Waals surface area (Å²) in [7, 11) is 1.76. The minimum atomic E-state index is 0.544. The van der Waals surface area contributed by atoms with Crippen LogP contribution in [0.5, 0.6) is 0 Å². The van der Waals surface area contributed by atoms with Crippen LogP contribution in [-0.4, -0.2) is 41.0 Å². The zero-order valence-electron chi connectivity index (χ0n) is 12.7. The fourth-order valence-electron chi connectivity index (χ4n) is 2.13. The Morgan fingerprint density at radius 1 is 1.42 bits per heavy atom. The third-order valence-electron chi connectivity index (χ3n) is 3.60. The van der Waals surface area contributed by atoms with Crippen molar-refractivity contribution >= 4 is 15.9 Å². The van der Waals surface area contributed by atoms with E-state index in [9.17, 15) is 0 Å². The second kappa shape index (κ2) is 8.02. The third-order valence-corrected chi connectivity index (χ3v) is 4.63. The zero-order valence-corrected chi connectivity index (χ0v) is 14.3. The minimum Gasteiger partial charge on any atom is -0.383 e. The molecule has 1 aromatic heterocycles. The van der Waals surface area contributed by atoms with Gasteiger partial charge in [0.1, 0.15) is 0 Å². The maximum Gasteiger partial charge on any atom is 0.0739 e. The fourth-order valence-corrected chi connectivity index (χ4v) is 2.54. The molecule has 1 unspecified atom stereocenters. The van der Waals surface area contributed by atoms with Crippen LogP contribution < -0.4 is 0 Å². The number of halogens is 1. The van der Waals surface area contributed by atoms with E-state index in [-0.39, 0.29) is 0 Å². The lowest BCUT2D eigenvalue weighted by Gasteiger charge is -2.28. The predicted octanol–water partition coefficient (Wildman–Crippen LogP) is 3.22. The average Bonchev–Trinajstić information content (AvgIpc) is 2.69. The van der Waals surface area contributed by atoms with Crippen LogP contribution in [0.1, 0.15) is 38.6 Å². The first kappa shape index (κ1) is 16.7. The van der Waals surface area contributed by atoms with Crippen molar-refractivity contribution < 1.29 is 4.74 Å². The Balaban J connectivity index is 2.88. The highest BCUT2D eigenvalue weighted by molar-refractivity contribution is 9.10. The van der Waals surface area contributed by atoms with Gasteiger partial charge in [0.25, 0.3) is 0 Å². The van der Waals surface area contributed by atoms with Crippen molar-refractivity contribution in [3.05, 3.63) is 15.9 Å². The lowest BCUT2D eigenvalue weighted by Crippen LogP contribution is -2.35. The van der Waals surface area contributed by atoms with Gasteiger partial charge in [-0.25, -0.2) is 0 Å². The van der Waals surface area contributed by atoms with Gasteiger partial charge in [0.15, 0.2) is 0 Å². The molecule has 0 spiro atoms. The van der Waals surface area contributed by atoms with Crippen LogP contribution in [-0.2, 0) is 17.8 Å². The summed E-state index contributed by atoms with van der Waals surface area (Å²) in [5.74, 6) is 0. The lowest BCUT2D eigenvalue weighted by molar-refractivity contribution is 0.115. The van der Waals surface area contributed by atoms with E-state index in [4.69, 9.17) is 4.74 Å². The number of ether oxygens (including phenoxy) is 1. The van der Waals surface area contributed by atoms with Crippen molar-refractivity contribution in [2.45, 2.75) is 53.2 Å². The molecule has 0 N–H and O–H groups in total. The van der Waals surface area contributed by atoms with Gasteiger partial charge < -0.3 is 4.74 Å². The Morgan fingerprint density at radius 3 is 2.63 bits per heavy atom. The van der Waals surface area contributed by atoms with Gasteiger partial charge in [0.05, 0.1) is 22.5 Å². The number of hydrogen-bond acceptors (Lipinski definition) is 3. The second-order valence-electron chi connectivity index (χ2n) is 4.88. The highest BCUT2D eigenvalue weighted by Gasteiger charge is 2.18. The normalized spacial score (nSPS) is 13.2. The molecule has 0 aliphatic carbocycles. The van der Waals surface area contributed by atoms with Crippen LogP contribution >= 0.6 is 15.9 Å². The number of nitrogens with zero attached hydrogens (tertiary/aromatic N) is 3. The van der Waals surface area contributed by atoms with E-state index in [1.165, 1.54) is 5.69 Å². The van der Waals surface area contributed by atoms with Crippen LogP contribution in [0.4, 0.5) is 0 Å². The van der Waals surface area contributed by atoms with Crippen molar-refractivity contribution in [3.8, 4) is 0 Å². The number of rotatable bonds is 8. The smallest absolute Gasteiger partial charge is 0.0739 e. The van der Waals surface area contributed by atoms with Crippen molar-refractivity contribution in [1.29, 1.82) is 0 Å². The van der Waals surface area contributed by atoms with E-state index in [0.717, 1.165) is 42.8 Å². The van der Waals surface area contributed by atoms with Crippen LogP contribution in [0, 0.1) is 6.92 Å². The molecule has 0 amide bonds. The Hall–Kier alpha value is -0.390. The summed E-state index contributed by atoms with van der Waals surface area (Å²) in [5, 5.41) is 4.56. The highest BCUT2D eigenvalue weighted by Crippen LogP contribution is 2.23. The van der Waals surface area contributed by atoms with E-state index in [0.29, 0.717) is 6.04 Å². The van der Waals surface area contributed by atoms with Gasteiger partial charge in [0, 0.05) is 32.8 Å². The summed E-state index contributed by atoms with van der Waals surface area (Å²) in [6, 6.07) is 0.544. The van der Waals surface area contributed by atoms with Crippen LogP contribution in [0.25, 0.3) is 0 Å². The molecule has 110 valence electrons. The van der Waals surface area contributed by atoms with Gasteiger partial charge >= 0.3 is 0 Å². The average molecular weight is 332 g/mol. The Kier molecular flexibility index (Phi) is 7.04. The van der Waals surface area contributed by atoms with Gasteiger partial charge in [-0.15, -0.1) is 0 Å². The predicted molar refractivity (Wildman–Crippen MR) is 82.4 cm³/mol. The van der Waals surface area contributed by atoms with Crippen LogP contribution in [0.2, 0.25) is 0 Å². The zero-order chi connectivity index (χ0) is 14.4. The summed E-state index contributed by atoms with van der Waals surface area (Å²) in [5.41, 5.74) is 2.32. The van der Waals surface area contributed by atoms with Gasteiger partial charge in [-0.3, -0.25) is 9.58 Å². The first-order chi connectivity index (χ1) is 9.04. The minimum absolute atomic E-state index is 0.544. The molecule has 4 nitrogen and oxygen atoms in total. The van der Waals surface area contributed by atoms with E-state index in [2.05, 4.69) is 51.4 Å². The van der Waals surface area contributed by atoms with Crippen molar-refractivity contribution in [3.63, 3.8) is 0 Å². The lowest BCUT2D eigenvalue weighted by atomic mass is 10.2. The monoisotopic (exact) mass is 331 g/mol. The van der Waals surface area contributed by atoms with Gasteiger partial charge in [-0.05, 0) is 43.1 Å². The van der Waals surface area contributed by atoms with Crippen molar-refractivity contribution in [2.24, 2.45) is 0 Å². The molecular weight excluding hydrogens is 306 g/mol. The second-order valence-corrected chi connectivity index (χ2v) is 5.68. The first-order valence-corrected chi connectivity index (χ1v) is 7.79. The number of hydrogen-bond donors (Lipinski definition) is 0. The van der Waals surface area contributed by atoms with Gasteiger partial charge in [-0.2, -0.15) is 5.10 Å². The van der Waals surface area contributed by atoms with E-state index >= 15 is 0 Å². The maximum atomic E-state index is 5.22. The molecule has 0 saturated heterocycles. The summed E-state index contributed by atoms with van der Waals surface area (Å²) in [6.07, 6.45) is 1.14. The number of aromatic nitrogens is 2. The summed E-state index contributed by atoms with van der Waals surface area (Å²) >= 11 is 3.67. The molecule has 0 saturated carbocycles.